The molecule has 0 spiro atoms. The first-order valence-electron chi connectivity index (χ1n) is 4.67. The maximum Gasteiger partial charge on any atom is -0.0292 e. The molecule has 2 rings (SSSR count). The van der Waals surface area contributed by atoms with E-state index in [1.54, 1.807) is 0 Å². The largest absolute Gasteiger partial charge is 0.0649 e. The van der Waals surface area contributed by atoms with Crippen LogP contribution >= 0.6 is 0 Å². The summed E-state index contributed by atoms with van der Waals surface area (Å²) in [7, 11) is 0. The lowest BCUT2D eigenvalue weighted by Crippen LogP contribution is -2.56. The molecule has 58 valence electrons. The highest BCUT2D eigenvalue weighted by atomic mass is 14.6. The van der Waals surface area contributed by atoms with Gasteiger partial charge in [-0.15, -0.1) is 0 Å². The summed E-state index contributed by atoms with van der Waals surface area (Å²) < 4.78 is 0. The molecular formula is C10H18. The molecule has 4 atom stereocenters. The zero-order chi connectivity index (χ0) is 7.35. The number of hydrogen-bond donors (Lipinski definition) is 0. The van der Waals surface area contributed by atoms with Gasteiger partial charge in [-0.3, -0.25) is 0 Å². The van der Waals surface area contributed by atoms with Gasteiger partial charge in [0.25, 0.3) is 0 Å². The Labute approximate surface area is 64.0 Å². The summed E-state index contributed by atoms with van der Waals surface area (Å²) in [5.41, 5.74) is 0.752. The van der Waals surface area contributed by atoms with Gasteiger partial charge in [0.1, 0.15) is 0 Å². The van der Waals surface area contributed by atoms with Gasteiger partial charge in [0.2, 0.25) is 0 Å². The van der Waals surface area contributed by atoms with Crippen LogP contribution in [-0.4, -0.2) is 0 Å². The Bertz CT molecular complexity index is 146. The second kappa shape index (κ2) is 1.78. The van der Waals surface area contributed by atoms with Gasteiger partial charge in [-0.05, 0) is 36.0 Å². The Morgan fingerprint density at radius 1 is 1.50 bits per heavy atom. The van der Waals surface area contributed by atoms with Gasteiger partial charge in [0.05, 0.1) is 0 Å². The highest BCUT2D eigenvalue weighted by molar-refractivity contribution is 5.06. The lowest BCUT2D eigenvalue weighted by Gasteiger charge is -2.64. The number of rotatable bonds is 1. The first-order chi connectivity index (χ1) is 4.67. The second-order valence-electron chi connectivity index (χ2n) is 4.71. The molecule has 2 saturated carbocycles. The third-order valence-corrected chi connectivity index (χ3v) is 4.14. The highest BCUT2D eigenvalue weighted by Gasteiger charge is 2.57. The third kappa shape index (κ3) is 0.580. The summed E-state index contributed by atoms with van der Waals surface area (Å²) in [4.78, 5) is 0. The van der Waals surface area contributed by atoms with Crippen molar-refractivity contribution in [3.8, 4) is 0 Å². The van der Waals surface area contributed by atoms with E-state index in [9.17, 15) is 0 Å². The summed E-state index contributed by atoms with van der Waals surface area (Å²) in [5.74, 6) is 3.29. The summed E-state index contributed by atoms with van der Waals surface area (Å²) >= 11 is 0. The molecule has 10 heavy (non-hydrogen) atoms. The van der Waals surface area contributed by atoms with E-state index in [4.69, 9.17) is 0 Å². The van der Waals surface area contributed by atoms with Crippen LogP contribution in [0.3, 0.4) is 0 Å². The lowest BCUT2D eigenvalue weighted by atomic mass is 9.41. The molecule has 2 aliphatic carbocycles. The molecule has 0 nitrogen and oxygen atoms in total. The topological polar surface area (TPSA) is 0 Å². The van der Waals surface area contributed by atoms with Gasteiger partial charge >= 0.3 is 0 Å². The van der Waals surface area contributed by atoms with Crippen LogP contribution in [-0.2, 0) is 0 Å². The smallest absolute Gasteiger partial charge is 0.0292 e. The third-order valence-electron chi connectivity index (χ3n) is 4.14. The zero-order valence-electron chi connectivity index (χ0n) is 7.35. The Balaban J connectivity index is 2.04. The first-order valence-corrected chi connectivity index (χ1v) is 4.67. The van der Waals surface area contributed by atoms with E-state index >= 15 is 0 Å². The Hall–Kier alpha value is 0. The summed E-state index contributed by atoms with van der Waals surface area (Å²) in [5, 5.41) is 0. The van der Waals surface area contributed by atoms with Crippen molar-refractivity contribution in [3.05, 3.63) is 0 Å². The highest BCUT2D eigenvalue weighted by Crippen LogP contribution is 2.65. The first kappa shape index (κ1) is 6.69. The fourth-order valence-corrected chi connectivity index (χ4v) is 3.46. The maximum absolute atomic E-state index is 2.48. The molecule has 2 fully saturated rings. The molecule has 0 aliphatic heterocycles. The zero-order valence-corrected chi connectivity index (χ0v) is 7.35. The van der Waals surface area contributed by atoms with Crippen molar-refractivity contribution >= 4 is 0 Å². The van der Waals surface area contributed by atoms with Crippen LogP contribution in [0.15, 0.2) is 0 Å². The van der Waals surface area contributed by atoms with E-state index < -0.39 is 0 Å². The van der Waals surface area contributed by atoms with E-state index in [0.717, 1.165) is 23.2 Å². The van der Waals surface area contributed by atoms with Crippen molar-refractivity contribution in [2.45, 2.75) is 40.0 Å². The quantitative estimate of drug-likeness (QED) is 0.522. The van der Waals surface area contributed by atoms with Crippen LogP contribution in [0, 0.1) is 23.2 Å². The SMILES string of the molecule is CCC1(C)CC2CC(C)C21. The molecule has 4 unspecified atom stereocenters. The average molecular weight is 138 g/mol. The Kier molecular flexibility index (Phi) is 1.19. The van der Waals surface area contributed by atoms with Crippen molar-refractivity contribution in [2.75, 3.05) is 0 Å². The van der Waals surface area contributed by atoms with Crippen LogP contribution in [0.2, 0.25) is 0 Å². The van der Waals surface area contributed by atoms with Crippen molar-refractivity contribution < 1.29 is 0 Å². The van der Waals surface area contributed by atoms with Crippen LogP contribution in [0.25, 0.3) is 0 Å². The lowest BCUT2D eigenvalue weighted by molar-refractivity contribution is -0.150. The van der Waals surface area contributed by atoms with E-state index in [2.05, 4.69) is 20.8 Å². The molecule has 0 saturated heterocycles. The van der Waals surface area contributed by atoms with Crippen molar-refractivity contribution in [1.29, 1.82) is 0 Å². The minimum absolute atomic E-state index is 0.752. The fraction of sp³-hybridized carbons (Fsp3) is 1.00. The molecule has 0 radical (unpaired) electrons. The molecular weight excluding hydrogens is 120 g/mol. The van der Waals surface area contributed by atoms with E-state index in [-0.39, 0.29) is 0 Å². The van der Waals surface area contributed by atoms with E-state index in [1.165, 1.54) is 19.3 Å². The van der Waals surface area contributed by atoms with Crippen LogP contribution in [0.1, 0.15) is 40.0 Å². The molecule has 0 aromatic rings. The molecule has 0 bridgehead atoms. The number of fused-ring (bicyclic) bond motifs is 1. The summed E-state index contributed by atoms with van der Waals surface area (Å²) in [6.45, 7) is 7.25. The standard InChI is InChI=1S/C10H18/c1-4-10(3)6-8-5-7(2)9(8)10/h7-9H,4-6H2,1-3H3. The monoisotopic (exact) mass is 138 g/mol. The molecule has 0 amide bonds. The Morgan fingerprint density at radius 3 is 2.50 bits per heavy atom. The van der Waals surface area contributed by atoms with Crippen LogP contribution in [0.4, 0.5) is 0 Å². The van der Waals surface area contributed by atoms with Crippen molar-refractivity contribution in [1.82, 2.24) is 0 Å². The second-order valence-corrected chi connectivity index (χ2v) is 4.71. The minimum Gasteiger partial charge on any atom is -0.0649 e. The maximum atomic E-state index is 2.48. The van der Waals surface area contributed by atoms with Gasteiger partial charge < -0.3 is 0 Å². The van der Waals surface area contributed by atoms with E-state index in [0.29, 0.717) is 0 Å². The van der Waals surface area contributed by atoms with Crippen LogP contribution in [0.5, 0.6) is 0 Å². The van der Waals surface area contributed by atoms with Gasteiger partial charge in [0.15, 0.2) is 0 Å². The Morgan fingerprint density at radius 2 is 2.20 bits per heavy atom. The molecule has 0 heteroatoms. The molecule has 0 aromatic heterocycles. The molecule has 0 heterocycles. The van der Waals surface area contributed by atoms with Gasteiger partial charge in [-0.2, -0.15) is 0 Å². The van der Waals surface area contributed by atoms with Crippen LogP contribution < -0.4 is 0 Å². The number of hydrogen-bond acceptors (Lipinski definition) is 0. The fourth-order valence-electron chi connectivity index (χ4n) is 3.46. The van der Waals surface area contributed by atoms with Gasteiger partial charge in [0, 0.05) is 0 Å². The predicted octanol–water partition coefficient (Wildman–Crippen LogP) is 3.08. The summed E-state index contributed by atoms with van der Waals surface area (Å²) in [6, 6.07) is 0. The van der Waals surface area contributed by atoms with Crippen molar-refractivity contribution in [2.24, 2.45) is 23.2 Å². The predicted molar refractivity (Wildman–Crippen MR) is 43.8 cm³/mol. The molecule has 0 aromatic carbocycles. The van der Waals surface area contributed by atoms with Crippen molar-refractivity contribution in [3.63, 3.8) is 0 Å². The normalized spacial score (nSPS) is 58.5. The van der Waals surface area contributed by atoms with Gasteiger partial charge in [-0.1, -0.05) is 27.2 Å². The summed E-state index contributed by atoms with van der Waals surface area (Å²) in [6.07, 6.45) is 4.46. The molecule has 0 N–H and O–H groups in total. The molecule has 2 aliphatic rings. The minimum atomic E-state index is 0.752. The van der Waals surface area contributed by atoms with Gasteiger partial charge in [-0.25, -0.2) is 0 Å². The van der Waals surface area contributed by atoms with E-state index in [1.807, 2.05) is 0 Å². The average Bonchev–Trinajstić information content (AvgIpc) is 1.84.